The first-order valence-corrected chi connectivity index (χ1v) is 8.23. The molecule has 0 unspecified atom stereocenters. The van der Waals surface area contributed by atoms with E-state index in [0.29, 0.717) is 18.5 Å². The van der Waals surface area contributed by atoms with Crippen molar-refractivity contribution in [3.05, 3.63) is 22.7 Å². The maximum Gasteiger partial charge on any atom is 0.351 e. The number of nitrogens with zero attached hydrogens (tertiary/aromatic N) is 3. The first-order valence-electron chi connectivity index (χ1n) is 7.18. The van der Waals surface area contributed by atoms with Crippen LogP contribution in [0.3, 0.4) is 0 Å². The van der Waals surface area contributed by atoms with Crippen molar-refractivity contribution in [3.8, 4) is 0 Å². The smallest absolute Gasteiger partial charge is 0.351 e. The molecule has 1 fully saturated rings. The minimum absolute atomic E-state index is 0.0191. The van der Waals surface area contributed by atoms with Gasteiger partial charge in [0.1, 0.15) is 17.5 Å². The Morgan fingerprint density at radius 2 is 2.38 bits per heavy atom. The lowest BCUT2D eigenvalue weighted by atomic mass is 10.3. The highest BCUT2D eigenvalue weighted by Crippen LogP contribution is 2.31. The van der Waals surface area contributed by atoms with Crippen LogP contribution in [0.4, 0.5) is 5.82 Å². The number of ether oxygens (including phenoxy) is 2. The normalized spacial score (nSPS) is 22.0. The molecule has 1 aliphatic heterocycles. The first-order chi connectivity index (χ1) is 10.1. The number of rotatable bonds is 6. The zero-order valence-corrected chi connectivity index (χ0v) is 13.8. The van der Waals surface area contributed by atoms with E-state index in [4.69, 9.17) is 9.47 Å². The van der Waals surface area contributed by atoms with Gasteiger partial charge in [-0.05, 0) is 26.8 Å². The molecule has 118 valence electrons. The van der Waals surface area contributed by atoms with Crippen LogP contribution in [0.15, 0.2) is 17.1 Å². The second kappa shape index (κ2) is 7.29. The van der Waals surface area contributed by atoms with E-state index in [-0.39, 0.29) is 17.4 Å². The summed E-state index contributed by atoms with van der Waals surface area (Å²) in [5.41, 5.74) is -0.287. The molecular formula is C14H23N3O3S. The monoisotopic (exact) mass is 313 g/mol. The van der Waals surface area contributed by atoms with Crippen molar-refractivity contribution in [3.63, 3.8) is 0 Å². The van der Waals surface area contributed by atoms with E-state index in [0.717, 1.165) is 12.3 Å². The van der Waals surface area contributed by atoms with Crippen LogP contribution in [0.1, 0.15) is 27.0 Å². The second-order valence-corrected chi connectivity index (χ2v) is 6.36. The third-order valence-electron chi connectivity index (χ3n) is 3.42. The summed E-state index contributed by atoms with van der Waals surface area (Å²) in [6, 6.07) is 2.19. The van der Waals surface area contributed by atoms with E-state index in [2.05, 4.69) is 30.7 Å². The second-order valence-electron chi connectivity index (χ2n) is 5.16. The van der Waals surface area contributed by atoms with Crippen molar-refractivity contribution in [2.75, 3.05) is 30.9 Å². The van der Waals surface area contributed by atoms with E-state index in [1.165, 1.54) is 0 Å². The fourth-order valence-electron chi connectivity index (χ4n) is 2.39. The Morgan fingerprint density at radius 1 is 1.62 bits per heavy atom. The van der Waals surface area contributed by atoms with Crippen molar-refractivity contribution < 1.29 is 9.47 Å². The summed E-state index contributed by atoms with van der Waals surface area (Å²) in [5, 5.41) is 0. The molecule has 7 heteroatoms. The molecule has 6 nitrogen and oxygen atoms in total. The van der Waals surface area contributed by atoms with Crippen LogP contribution in [0, 0.1) is 0 Å². The Hall–Kier alpha value is -1.05. The molecule has 1 aromatic heterocycles. The highest BCUT2D eigenvalue weighted by Gasteiger charge is 2.28. The van der Waals surface area contributed by atoms with Gasteiger partial charge in [0.2, 0.25) is 0 Å². The van der Waals surface area contributed by atoms with Gasteiger partial charge in [0.05, 0.1) is 6.61 Å². The molecule has 1 aliphatic rings. The number of aromatic nitrogens is 2. The maximum atomic E-state index is 12.2. The number of hydrogen-bond donors (Lipinski definition) is 0. The van der Waals surface area contributed by atoms with Crippen molar-refractivity contribution in [1.29, 1.82) is 0 Å². The quantitative estimate of drug-likeness (QED) is 0.797. The third kappa shape index (κ3) is 3.78. The Balaban J connectivity index is 2.15. The molecule has 0 N–H and O–H groups in total. The summed E-state index contributed by atoms with van der Waals surface area (Å²) in [7, 11) is 1.64. The summed E-state index contributed by atoms with van der Waals surface area (Å²) in [6.07, 6.45) is 1.51. The predicted octanol–water partition coefficient (Wildman–Crippen LogP) is 1.71. The van der Waals surface area contributed by atoms with Gasteiger partial charge >= 0.3 is 5.69 Å². The first kappa shape index (κ1) is 16.3. The lowest BCUT2D eigenvalue weighted by Crippen LogP contribution is -2.35. The zero-order chi connectivity index (χ0) is 15.4. The van der Waals surface area contributed by atoms with Crippen LogP contribution in [0.5, 0.6) is 0 Å². The molecular weight excluding hydrogens is 290 g/mol. The summed E-state index contributed by atoms with van der Waals surface area (Å²) >= 11 is 1.65. The van der Waals surface area contributed by atoms with Crippen LogP contribution in [0.25, 0.3) is 0 Å². The van der Waals surface area contributed by atoms with Gasteiger partial charge in [0.25, 0.3) is 0 Å². The van der Waals surface area contributed by atoms with E-state index < -0.39 is 0 Å². The molecule has 2 rings (SSSR count). The standard InChI is InChI=1S/C14H23N3O3S/c1-5-16(10(2)3)11-6-7-17(14(18)15-11)12-9-21-13(20-12)8-19-4/h6-7,10,12-13H,5,8-9H2,1-4H3/t12-,13+/m0/s1. The van der Waals surface area contributed by atoms with Gasteiger partial charge in [-0.2, -0.15) is 4.98 Å². The van der Waals surface area contributed by atoms with E-state index in [1.807, 2.05) is 6.07 Å². The molecule has 0 aromatic carbocycles. The maximum absolute atomic E-state index is 12.2. The molecule has 1 aromatic rings. The lowest BCUT2D eigenvalue weighted by Gasteiger charge is -2.26. The molecule has 0 aliphatic carbocycles. The topological polar surface area (TPSA) is 56.6 Å². The zero-order valence-electron chi connectivity index (χ0n) is 13.0. The fraction of sp³-hybridized carbons (Fsp3) is 0.714. The Kier molecular flexibility index (Phi) is 5.66. The van der Waals surface area contributed by atoms with Crippen LogP contribution < -0.4 is 10.6 Å². The predicted molar refractivity (Wildman–Crippen MR) is 84.9 cm³/mol. The molecule has 0 saturated carbocycles. The lowest BCUT2D eigenvalue weighted by molar-refractivity contribution is -0.0152. The van der Waals surface area contributed by atoms with E-state index in [1.54, 1.807) is 29.6 Å². The number of anilines is 1. The molecule has 0 bridgehead atoms. The highest BCUT2D eigenvalue weighted by atomic mass is 32.2. The van der Waals surface area contributed by atoms with Crippen LogP contribution in [0.2, 0.25) is 0 Å². The van der Waals surface area contributed by atoms with Gasteiger partial charge in [0, 0.05) is 31.6 Å². The molecule has 1 saturated heterocycles. The van der Waals surface area contributed by atoms with Gasteiger partial charge in [-0.3, -0.25) is 4.57 Å². The van der Waals surface area contributed by atoms with Crippen molar-refractivity contribution >= 4 is 17.6 Å². The van der Waals surface area contributed by atoms with E-state index >= 15 is 0 Å². The average molecular weight is 313 g/mol. The van der Waals surface area contributed by atoms with Crippen LogP contribution in [-0.4, -0.2) is 47.0 Å². The van der Waals surface area contributed by atoms with Gasteiger partial charge < -0.3 is 14.4 Å². The summed E-state index contributed by atoms with van der Waals surface area (Å²) in [6.45, 7) is 7.57. The average Bonchev–Trinajstić information content (AvgIpc) is 2.88. The van der Waals surface area contributed by atoms with Gasteiger partial charge in [0.15, 0.2) is 0 Å². The highest BCUT2D eigenvalue weighted by molar-refractivity contribution is 8.00. The Bertz CT molecular complexity index is 520. The van der Waals surface area contributed by atoms with Crippen molar-refractivity contribution in [2.45, 2.75) is 38.5 Å². The molecule has 0 radical (unpaired) electrons. The molecule has 2 atom stereocenters. The fourth-order valence-corrected chi connectivity index (χ4v) is 3.44. The van der Waals surface area contributed by atoms with Gasteiger partial charge in [-0.15, -0.1) is 11.8 Å². The summed E-state index contributed by atoms with van der Waals surface area (Å²) in [5.74, 6) is 1.45. The molecule has 2 heterocycles. The van der Waals surface area contributed by atoms with Gasteiger partial charge in [-0.25, -0.2) is 4.79 Å². The summed E-state index contributed by atoms with van der Waals surface area (Å²) in [4.78, 5) is 18.5. The van der Waals surface area contributed by atoms with Crippen LogP contribution in [-0.2, 0) is 9.47 Å². The Labute approximate surface area is 129 Å². The molecule has 21 heavy (non-hydrogen) atoms. The van der Waals surface area contributed by atoms with E-state index in [9.17, 15) is 4.79 Å². The minimum atomic E-state index is -0.268. The third-order valence-corrected chi connectivity index (χ3v) is 4.52. The minimum Gasteiger partial charge on any atom is -0.381 e. The largest absolute Gasteiger partial charge is 0.381 e. The number of methoxy groups -OCH3 is 1. The van der Waals surface area contributed by atoms with Gasteiger partial charge in [-0.1, -0.05) is 0 Å². The van der Waals surface area contributed by atoms with Crippen LogP contribution >= 0.6 is 11.8 Å². The number of thioether (sulfide) groups is 1. The Morgan fingerprint density at radius 3 is 2.95 bits per heavy atom. The number of hydrogen-bond acceptors (Lipinski definition) is 6. The summed E-state index contributed by atoms with van der Waals surface area (Å²) < 4.78 is 12.4. The van der Waals surface area contributed by atoms with Crippen molar-refractivity contribution in [1.82, 2.24) is 9.55 Å². The SMILES string of the molecule is CCN(c1ccn([C@@H]2CS[C@H](COC)O2)c(=O)n1)C(C)C. The molecule has 0 spiro atoms. The van der Waals surface area contributed by atoms with Crippen molar-refractivity contribution in [2.24, 2.45) is 0 Å². The molecule has 0 amide bonds.